The van der Waals surface area contributed by atoms with Gasteiger partial charge in [0, 0.05) is 5.69 Å². The summed E-state index contributed by atoms with van der Waals surface area (Å²) in [4.78, 5) is 25.2. The standard InChI is InChI=1S/C16H22N2O2/c1-12-6-5-7-13(2)16(12)17-15(20)10-18-9-4-3-8-14(18)11-19/h5-7,11,14H,3-4,8-10H2,1-2H3,(H,17,20). The van der Waals surface area contributed by atoms with Crippen molar-refractivity contribution >= 4 is 17.9 Å². The maximum atomic E-state index is 12.2. The van der Waals surface area contributed by atoms with E-state index in [9.17, 15) is 9.59 Å². The van der Waals surface area contributed by atoms with Crippen LogP contribution in [0.1, 0.15) is 30.4 Å². The molecule has 1 fully saturated rings. The van der Waals surface area contributed by atoms with E-state index in [1.165, 1.54) is 0 Å². The first-order chi connectivity index (χ1) is 9.61. The minimum absolute atomic E-state index is 0.0452. The monoisotopic (exact) mass is 274 g/mol. The number of hydrogen-bond donors (Lipinski definition) is 1. The van der Waals surface area contributed by atoms with Crippen molar-refractivity contribution in [3.63, 3.8) is 0 Å². The fourth-order valence-corrected chi connectivity index (χ4v) is 2.74. The minimum Gasteiger partial charge on any atom is -0.324 e. The van der Waals surface area contributed by atoms with Gasteiger partial charge < -0.3 is 10.1 Å². The molecule has 1 heterocycles. The number of anilines is 1. The van der Waals surface area contributed by atoms with E-state index in [0.717, 1.165) is 48.9 Å². The zero-order valence-corrected chi connectivity index (χ0v) is 12.2. The van der Waals surface area contributed by atoms with Gasteiger partial charge >= 0.3 is 0 Å². The number of piperidine rings is 1. The van der Waals surface area contributed by atoms with Crippen LogP contribution >= 0.6 is 0 Å². The highest BCUT2D eigenvalue weighted by Crippen LogP contribution is 2.20. The second-order valence-electron chi connectivity index (χ2n) is 5.48. The SMILES string of the molecule is Cc1cccc(C)c1NC(=O)CN1CCCCC1C=O. The second kappa shape index (κ2) is 6.66. The molecule has 1 saturated heterocycles. The Bertz CT molecular complexity index is 479. The normalized spacial score (nSPS) is 19.6. The quantitative estimate of drug-likeness (QED) is 0.857. The highest BCUT2D eigenvalue weighted by molar-refractivity contribution is 5.94. The predicted molar refractivity (Wildman–Crippen MR) is 79.8 cm³/mol. The number of para-hydroxylation sites is 1. The molecule has 0 bridgehead atoms. The number of hydrogen-bond acceptors (Lipinski definition) is 3. The van der Waals surface area contributed by atoms with Gasteiger partial charge in [0.1, 0.15) is 6.29 Å². The molecule has 20 heavy (non-hydrogen) atoms. The Morgan fingerprint density at radius 3 is 2.70 bits per heavy atom. The van der Waals surface area contributed by atoms with E-state index in [1.807, 2.05) is 36.9 Å². The average molecular weight is 274 g/mol. The molecule has 1 aliphatic heterocycles. The van der Waals surface area contributed by atoms with Crippen LogP contribution in [-0.2, 0) is 9.59 Å². The van der Waals surface area contributed by atoms with Crippen molar-refractivity contribution in [3.05, 3.63) is 29.3 Å². The number of nitrogens with one attached hydrogen (secondary N) is 1. The van der Waals surface area contributed by atoms with Crippen molar-refractivity contribution in [3.8, 4) is 0 Å². The first-order valence-corrected chi connectivity index (χ1v) is 7.17. The molecule has 4 nitrogen and oxygen atoms in total. The molecule has 2 rings (SSSR count). The Labute approximate surface area is 120 Å². The lowest BCUT2D eigenvalue weighted by molar-refractivity contribution is -0.120. The third-order valence-electron chi connectivity index (χ3n) is 3.91. The molecular formula is C16H22N2O2. The first kappa shape index (κ1) is 14.7. The predicted octanol–water partition coefficient (Wildman–Crippen LogP) is 2.30. The summed E-state index contributed by atoms with van der Waals surface area (Å²) < 4.78 is 0. The Balaban J connectivity index is 2.00. The topological polar surface area (TPSA) is 49.4 Å². The van der Waals surface area contributed by atoms with Gasteiger partial charge in [-0.05, 0) is 44.4 Å². The van der Waals surface area contributed by atoms with E-state index >= 15 is 0 Å². The van der Waals surface area contributed by atoms with Crippen LogP contribution in [0.3, 0.4) is 0 Å². The van der Waals surface area contributed by atoms with Crippen LogP contribution in [0.2, 0.25) is 0 Å². The highest BCUT2D eigenvalue weighted by Gasteiger charge is 2.23. The Hall–Kier alpha value is -1.68. The Kier molecular flexibility index (Phi) is 4.90. The van der Waals surface area contributed by atoms with E-state index in [0.29, 0.717) is 0 Å². The largest absolute Gasteiger partial charge is 0.324 e. The summed E-state index contributed by atoms with van der Waals surface area (Å²) in [5.41, 5.74) is 3.00. The number of nitrogens with zero attached hydrogens (tertiary/aromatic N) is 1. The van der Waals surface area contributed by atoms with Gasteiger partial charge in [0.05, 0.1) is 12.6 Å². The summed E-state index contributed by atoms with van der Waals surface area (Å²) in [6, 6.07) is 5.84. The van der Waals surface area contributed by atoms with Gasteiger partial charge in [0.25, 0.3) is 0 Å². The maximum Gasteiger partial charge on any atom is 0.238 e. The lowest BCUT2D eigenvalue weighted by Gasteiger charge is -2.31. The summed E-state index contributed by atoms with van der Waals surface area (Å²) in [5, 5.41) is 2.97. The van der Waals surface area contributed by atoms with E-state index in [-0.39, 0.29) is 18.5 Å². The third-order valence-corrected chi connectivity index (χ3v) is 3.91. The lowest BCUT2D eigenvalue weighted by Crippen LogP contribution is -2.44. The van der Waals surface area contributed by atoms with Crippen LogP contribution in [0.25, 0.3) is 0 Å². The number of carbonyl (C=O) groups excluding carboxylic acids is 2. The molecule has 1 amide bonds. The van der Waals surface area contributed by atoms with Crippen molar-refractivity contribution in [1.82, 2.24) is 4.90 Å². The van der Waals surface area contributed by atoms with Crippen LogP contribution in [0.15, 0.2) is 18.2 Å². The molecule has 0 saturated carbocycles. The van der Waals surface area contributed by atoms with Crippen molar-refractivity contribution in [2.75, 3.05) is 18.4 Å². The summed E-state index contributed by atoms with van der Waals surface area (Å²) in [6.07, 6.45) is 3.95. The summed E-state index contributed by atoms with van der Waals surface area (Å²) in [6.45, 7) is 5.08. The van der Waals surface area contributed by atoms with Crippen LogP contribution in [-0.4, -0.2) is 36.2 Å². The van der Waals surface area contributed by atoms with Crippen molar-refractivity contribution in [2.24, 2.45) is 0 Å². The minimum atomic E-state index is -0.104. The average Bonchev–Trinajstić information content (AvgIpc) is 2.44. The van der Waals surface area contributed by atoms with Gasteiger partial charge in [0.15, 0.2) is 0 Å². The van der Waals surface area contributed by atoms with E-state index in [4.69, 9.17) is 0 Å². The number of benzene rings is 1. The number of rotatable bonds is 4. The molecule has 1 aliphatic rings. The molecule has 4 heteroatoms. The van der Waals surface area contributed by atoms with Gasteiger partial charge in [0.2, 0.25) is 5.91 Å². The number of likely N-dealkylation sites (tertiary alicyclic amines) is 1. The van der Waals surface area contributed by atoms with Crippen LogP contribution in [0.4, 0.5) is 5.69 Å². The van der Waals surface area contributed by atoms with Gasteiger partial charge in [-0.1, -0.05) is 24.6 Å². The third kappa shape index (κ3) is 3.45. The van der Waals surface area contributed by atoms with E-state index in [1.54, 1.807) is 0 Å². The molecule has 0 aliphatic carbocycles. The number of aldehydes is 1. The fraction of sp³-hybridized carbons (Fsp3) is 0.500. The Morgan fingerprint density at radius 2 is 2.05 bits per heavy atom. The zero-order chi connectivity index (χ0) is 14.5. The molecule has 0 aromatic heterocycles. The van der Waals surface area contributed by atoms with Crippen molar-refractivity contribution in [2.45, 2.75) is 39.2 Å². The fourth-order valence-electron chi connectivity index (χ4n) is 2.74. The molecule has 1 aromatic carbocycles. The molecule has 1 unspecified atom stereocenters. The summed E-state index contributed by atoms with van der Waals surface area (Å²) >= 11 is 0. The number of amides is 1. The van der Waals surface area contributed by atoms with E-state index in [2.05, 4.69) is 5.32 Å². The van der Waals surface area contributed by atoms with Crippen LogP contribution in [0.5, 0.6) is 0 Å². The lowest BCUT2D eigenvalue weighted by atomic mass is 10.0. The maximum absolute atomic E-state index is 12.2. The van der Waals surface area contributed by atoms with Crippen molar-refractivity contribution in [1.29, 1.82) is 0 Å². The molecule has 108 valence electrons. The van der Waals surface area contributed by atoms with Gasteiger partial charge in [-0.2, -0.15) is 0 Å². The highest BCUT2D eigenvalue weighted by atomic mass is 16.2. The molecule has 1 N–H and O–H groups in total. The van der Waals surface area contributed by atoms with Gasteiger partial charge in [-0.3, -0.25) is 9.69 Å². The molecule has 1 aromatic rings. The molecular weight excluding hydrogens is 252 g/mol. The molecule has 1 atom stereocenters. The molecule has 0 spiro atoms. The van der Waals surface area contributed by atoms with Crippen molar-refractivity contribution < 1.29 is 9.59 Å². The number of carbonyl (C=O) groups is 2. The zero-order valence-electron chi connectivity index (χ0n) is 12.2. The summed E-state index contributed by atoms with van der Waals surface area (Å²) in [5.74, 6) is -0.0452. The Morgan fingerprint density at radius 1 is 1.35 bits per heavy atom. The molecule has 0 radical (unpaired) electrons. The number of aryl methyl sites for hydroxylation is 2. The first-order valence-electron chi connectivity index (χ1n) is 7.17. The summed E-state index contributed by atoms with van der Waals surface area (Å²) in [7, 11) is 0. The van der Waals surface area contributed by atoms with E-state index < -0.39 is 0 Å². The smallest absolute Gasteiger partial charge is 0.238 e. The van der Waals surface area contributed by atoms with Crippen LogP contribution < -0.4 is 5.32 Å². The second-order valence-corrected chi connectivity index (χ2v) is 5.48. The van der Waals surface area contributed by atoms with Crippen LogP contribution in [0, 0.1) is 13.8 Å². The van der Waals surface area contributed by atoms with Gasteiger partial charge in [-0.25, -0.2) is 0 Å². The van der Waals surface area contributed by atoms with Gasteiger partial charge in [-0.15, -0.1) is 0 Å².